The Morgan fingerprint density at radius 3 is 2.68 bits per heavy atom. The van der Waals surface area contributed by atoms with Crippen LogP contribution in [-0.4, -0.2) is 54.4 Å². The second-order valence-electron chi connectivity index (χ2n) is 9.69. The molecule has 1 N–H and O–H groups in total. The van der Waals surface area contributed by atoms with Gasteiger partial charge in [-0.2, -0.15) is 0 Å². The van der Waals surface area contributed by atoms with Crippen LogP contribution in [0.15, 0.2) is 48.6 Å². The third-order valence-electron chi connectivity index (χ3n) is 7.49. The maximum Gasteiger partial charge on any atom is 0.335 e. The zero-order valence-electron chi connectivity index (χ0n) is 19.7. The molecule has 178 valence electrons. The van der Waals surface area contributed by atoms with Gasteiger partial charge in [0.25, 0.3) is 0 Å². The van der Waals surface area contributed by atoms with Crippen molar-refractivity contribution in [3.8, 4) is 11.5 Å². The molecule has 1 spiro atoms. The summed E-state index contributed by atoms with van der Waals surface area (Å²) < 4.78 is 18.1. The molecule has 0 fully saturated rings. The summed E-state index contributed by atoms with van der Waals surface area (Å²) in [6.45, 7) is 3.88. The molecule has 0 saturated heterocycles. The highest BCUT2D eigenvalue weighted by atomic mass is 16.6. The number of carboxylic acids is 1. The summed E-state index contributed by atoms with van der Waals surface area (Å²) in [7, 11) is 3.79. The molecular weight excluding hydrogens is 434 g/mol. The summed E-state index contributed by atoms with van der Waals surface area (Å²) in [5.41, 5.74) is 2.44. The van der Waals surface area contributed by atoms with Crippen molar-refractivity contribution in [2.75, 3.05) is 20.7 Å². The second kappa shape index (κ2) is 8.17. The van der Waals surface area contributed by atoms with E-state index in [0.29, 0.717) is 12.0 Å². The summed E-state index contributed by atoms with van der Waals surface area (Å²) in [5, 5.41) is 9.04. The normalized spacial score (nSPS) is 27.2. The van der Waals surface area contributed by atoms with Gasteiger partial charge in [0, 0.05) is 18.5 Å². The molecule has 0 bridgehead atoms. The first-order valence-corrected chi connectivity index (χ1v) is 11.5. The number of carbonyl (C=O) groups excluding carboxylic acids is 1. The van der Waals surface area contributed by atoms with E-state index in [2.05, 4.69) is 31.0 Å². The van der Waals surface area contributed by atoms with E-state index in [1.165, 1.54) is 23.3 Å². The smallest absolute Gasteiger partial charge is 0.335 e. The molecule has 3 aliphatic rings. The number of benzene rings is 2. The van der Waals surface area contributed by atoms with E-state index in [1.54, 1.807) is 19.2 Å². The predicted molar refractivity (Wildman–Crippen MR) is 125 cm³/mol. The Balaban J connectivity index is 1.39. The van der Waals surface area contributed by atoms with E-state index in [9.17, 15) is 9.59 Å². The quantitative estimate of drug-likeness (QED) is 0.534. The first kappa shape index (κ1) is 22.5. The number of methoxy groups -OCH3 is 1. The van der Waals surface area contributed by atoms with Crippen LogP contribution in [0.25, 0.3) is 0 Å². The van der Waals surface area contributed by atoms with Crippen LogP contribution in [0.5, 0.6) is 11.5 Å². The maximum absolute atomic E-state index is 12.7. The number of rotatable bonds is 5. The van der Waals surface area contributed by atoms with Gasteiger partial charge < -0.3 is 24.2 Å². The molecule has 0 unspecified atom stereocenters. The third-order valence-corrected chi connectivity index (χ3v) is 7.49. The molecule has 0 aromatic heterocycles. The molecular formula is C27H29NO6. The van der Waals surface area contributed by atoms with Gasteiger partial charge in [-0.05, 0) is 62.3 Å². The van der Waals surface area contributed by atoms with E-state index in [4.69, 9.17) is 19.3 Å². The number of carbonyl (C=O) groups is 2. The average molecular weight is 464 g/mol. The van der Waals surface area contributed by atoms with E-state index in [-0.39, 0.29) is 23.4 Å². The van der Waals surface area contributed by atoms with Gasteiger partial charge in [0.15, 0.2) is 11.5 Å². The summed E-state index contributed by atoms with van der Waals surface area (Å²) in [5.74, 6) is 0.176. The lowest BCUT2D eigenvalue weighted by Crippen LogP contribution is -2.53. The Hall–Kier alpha value is -3.32. The van der Waals surface area contributed by atoms with Gasteiger partial charge in [0.1, 0.15) is 11.7 Å². The minimum Gasteiger partial charge on any atom is -0.493 e. The number of esters is 1. The first-order valence-electron chi connectivity index (χ1n) is 11.5. The zero-order chi connectivity index (χ0) is 24.1. The van der Waals surface area contributed by atoms with Crippen molar-refractivity contribution in [3.05, 3.63) is 70.8 Å². The molecule has 2 aromatic rings. The zero-order valence-corrected chi connectivity index (χ0v) is 19.7. The van der Waals surface area contributed by atoms with Gasteiger partial charge in [-0.1, -0.05) is 24.3 Å². The van der Waals surface area contributed by atoms with Crippen LogP contribution in [0, 0.1) is 0 Å². The van der Waals surface area contributed by atoms with E-state index in [0.717, 1.165) is 31.0 Å². The Labute approximate surface area is 198 Å². The molecule has 7 heteroatoms. The van der Waals surface area contributed by atoms with Crippen molar-refractivity contribution in [1.82, 2.24) is 4.90 Å². The summed E-state index contributed by atoms with van der Waals surface area (Å²) in [6.07, 6.45) is 5.29. The minimum atomic E-state index is -0.995. The molecule has 7 nitrogen and oxygen atoms in total. The molecule has 5 rings (SSSR count). The lowest BCUT2D eigenvalue weighted by atomic mass is 9.62. The van der Waals surface area contributed by atoms with Crippen LogP contribution in [0.1, 0.15) is 46.8 Å². The summed E-state index contributed by atoms with van der Waals surface area (Å²) in [4.78, 5) is 26.0. The number of carboxylic acid groups (broad SMARTS) is 1. The molecule has 2 heterocycles. The lowest BCUT2D eigenvalue weighted by molar-refractivity contribution is -0.149. The predicted octanol–water partition coefficient (Wildman–Crippen LogP) is 3.73. The largest absolute Gasteiger partial charge is 0.493 e. The van der Waals surface area contributed by atoms with Crippen LogP contribution < -0.4 is 9.47 Å². The van der Waals surface area contributed by atoms with Gasteiger partial charge in [-0.15, -0.1) is 0 Å². The molecule has 0 radical (unpaired) electrons. The van der Waals surface area contributed by atoms with Gasteiger partial charge in [0.05, 0.1) is 24.5 Å². The molecule has 2 aromatic carbocycles. The molecule has 2 aliphatic heterocycles. The monoisotopic (exact) mass is 463 g/mol. The Kier molecular flexibility index (Phi) is 5.40. The van der Waals surface area contributed by atoms with Gasteiger partial charge in [-0.25, -0.2) is 4.79 Å². The SMILES string of the molecule is COc1ccc2c3c1O[C@@]1(C)C[C@@H](OC(=O)Cc4ccc(C(=O)O)cc4)C=C[C@@]31CCN(C)C2. The maximum atomic E-state index is 12.7. The molecule has 0 amide bonds. The van der Waals surface area contributed by atoms with Gasteiger partial charge >= 0.3 is 11.9 Å². The van der Waals surface area contributed by atoms with Crippen LogP contribution in [0.4, 0.5) is 0 Å². The van der Waals surface area contributed by atoms with Crippen LogP contribution in [0.3, 0.4) is 0 Å². The number of nitrogens with zero attached hydrogens (tertiary/aromatic N) is 1. The topological polar surface area (TPSA) is 85.3 Å². The Morgan fingerprint density at radius 2 is 1.97 bits per heavy atom. The Bertz CT molecular complexity index is 1170. The van der Waals surface area contributed by atoms with Crippen molar-refractivity contribution in [2.24, 2.45) is 0 Å². The van der Waals surface area contributed by atoms with Crippen LogP contribution >= 0.6 is 0 Å². The number of hydrogen-bond donors (Lipinski definition) is 1. The molecule has 3 atom stereocenters. The van der Waals surface area contributed by atoms with Crippen molar-refractivity contribution < 1.29 is 28.9 Å². The van der Waals surface area contributed by atoms with E-state index < -0.39 is 17.7 Å². The molecule has 34 heavy (non-hydrogen) atoms. The second-order valence-corrected chi connectivity index (χ2v) is 9.69. The first-order chi connectivity index (χ1) is 16.2. The standard InChI is InChI=1S/C27H29NO6/c1-26-15-20(33-22(29)14-17-4-6-18(7-5-17)25(30)31)10-11-27(26)12-13-28(2)16-19-8-9-21(32-3)24(34-26)23(19)27/h4-11,20H,12-16H2,1-3H3,(H,30,31)/t20-,26-,27+/m0/s1. The highest BCUT2D eigenvalue weighted by molar-refractivity contribution is 5.87. The summed E-state index contributed by atoms with van der Waals surface area (Å²) in [6, 6.07) is 10.4. The molecule has 1 aliphatic carbocycles. The van der Waals surface area contributed by atoms with Crippen molar-refractivity contribution in [2.45, 2.75) is 49.9 Å². The van der Waals surface area contributed by atoms with Crippen molar-refractivity contribution >= 4 is 11.9 Å². The fraction of sp³-hybridized carbons (Fsp3) is 0.407. The fourth-order valence-electron chi connectivity index (χ4n) is 5.71. The van der Waals surface area contributed by atoms with Crippen LogP contribution in [0.2, 0.25) is 0 Å². The van der Waals surface area contributed by atoms with Crippen molar-refractivity contribution in [1.29, 1.82) is 0 Å². The Morgan fingerprint density at radius 1 is 1.21 bits per heavy atom. The highest BCUT2D eigenvalue weighted by Crippen LogP contribution is 2.60. The summed E-state index contributed by atoms with van der Waals surface area (Å²) >= 11 is 0. The fourth-order valence-corrected chi connectivity index (χ4v) is 5.71. The van der Waals surface area contributed by atoms with E-state index in [1.807, 2.05) is 12.1 Å². The number of aromatic carboxylic acids is 1. The molecule has 0 saturated carbocycles. The number of ether oxygens (including phenoxy) is 3. The van der Waals surface area contributed by atoms with Crippen LogP contribution in [-0.2, 0) is 27.9 Å². The number of hydrogen-bond acceptors (Lipinski definition) is 6. The van der Waals surface area contributed by atoms with E-state index >= 15 is 0 Å². The minimum absolute atomic E-state index is 0.0793. The van der Waals surface area contributed by atoms with Gasteiger partial charge in [0.2, 0.25) is 0 Å². The van der Waals surface area contributed by atoms with Gasteiger partial charge in [-0.3, -0.25) is 4.79 Å². The third kappa shape index (κ3) is 3.55. The lowest BCUT2D eigenvalue weighted by Gasteiger charge is -2.44. The van der Waals surface area contributed by atoms with Crippen molar-refractivity contribution in [3.63, 3.8) is 0 Å². The highest BCUT2D eigenvalue weighted by Gasteiger charge is 2.60. The average Bonchev–Trinajstić information content (AvgIpc) is 2.97.